The van der Waals surface area contributed by atoms with Crippen molar-refractivity contribution in [1.29, 1.82) is 0 Å². The molecule has 0 amide bonds. The Balaban J connectivity index is 2.43. The predicted octanol–water partition coefficient (Wildman–Crippen LogP) is 4.85. The average molecular weight is 318 g/mol. The highest BCUT2D eigenvalue weighted by molar-refractivity contribution is 6.65. The zero-order valence-electron chi connectivity index (χ0n) is 10.1. The summed E-state index contributed by atoms with van der Waals surface area (Å²) in [5.74, 6) is 0.683. The van der Waals surface area contributed by atoms with Gasteiger partial charge in [0.05, 0.1) is 21.7 Å². The Labute approximate surface area is 126 Å². The molecule has 5 heteroatoms. The van der Waals surface area contributed by atoms with E-state index in [2.05, 4.69) is 0 Å². The van der Waals surface area contributed by atoms with Crippen molar-refractivity contribution >= 4 is 40.0 Å². The van der Waals surface area contributed by atoms with Crippen LogP contribution in [0.4, 0.5) is 0 Å². The fourth-order valence-corrected chi connectivity index (χ4v) is 2.36. The van der Waals surface area contributed by atoms with Crippen LogP contribution in [0.3, 0.4) is 0 Å². The summed E-state index contributed by atoms with van der Waals surface area (Å²) in [6, 6.07) is 8.63. The first-order valence-electron chi connectivity index (χ1n) is 5.61. The van der Waals surface area contributed by atoms with Gasteiger partial charge in [0.25, 0.3) is 0 Å². The smallest absolute Gasteiger partial charge is 0.232 e. The lowest BCUT2D eigenvalue weighted by Gasteiger charge is -2.25. The van der Waals surface area contributed by atoms with E-state index >= 15 is 0 Å². The summed E-state index contributed by atoms with van der Waals surface area (Å²) in [6.45, 7) is 1.75. The van der Waals surface area contributed by atoms with Gasteiger partial charge >= 0.3 is 0 Å². The molecule has 1 unspecified atom stereocenters. The highest BCUT2D eigenvalue weighted by atomic mass is 35.5. The van der Waals surface area contributed by atoms with E-state index in [4.69, 9.17) is 39.2 Å². The van der Waals surface area contributed by atoms with Gasteiger partial charge in [-0.25, -0.2) is 0 Å². The molecule has 1 aromatic carbocycles. The molecule has 100 valence electrons. The molecule has 2 aromatic rings. The van der Waals surface area contributed by atoms with Crippen molar-refractivity contribution in [3.8, 4) is 0 Å². The second-order valence-electron chi connectivity index (χ2n) is 4.49. The zero-order chi connectivity index (χ0) is 14.0. The van der Waals surface area contributed by atoms with Gasteiger partial charge in [0.2, 0.25) is 5.24 Å². The lowest BCUT2D eigenvalue weighted by molar-refractivity contribution is -0.116. The summed E-state index contributed by atoms with van der Waals surface area (Å²) in [5, 5.41) is 0.359. The van der Waals surface area contributed by atoms with Gasteiger partial charge in [-0.05, 0) is 48.4 Å². The maximum absolute atomic E-state index is 11.8. The molecule has 1 heterocycles. The minimum absolute atomic E-state index is 0.361. The Morgan fingerprint density at radius 2 is 2.00 bits per heavy atom. The van der Waals surface area contributed by atoms with Gasteiger partial charge in [-0.3, -0.25) is 4.79 Å². The van der Waals surface area contributed by atoms with E-state index in [0.29, 0.717) is 27.8 Å². The minimum Gasteiger partial charge on any atom is -0.469 e. The van der Waals surface area contributed by atoms with Gasteiger partial charge in [-0.1, -0.05) is 29.3 Å². The van der Waals surface area contributed by atoms with Gasteiger partial charge in [0.15, 0.2) is 0 Å². The lowest BCUT2D eigenvalue weighted by atomic mass is 9.80. The zero-order valence-corrected chi connectivity index (χ0v) is 12.4. The standard InChI is InChI=1S/C14H11Cl3O2/c1-14(13(17)18,8-10-3-2-6-19-10)9-4-5-11(15)12(16)7-9/h2-7H,8H2,1H3. The predicted molar refractivity (Wildman–Crippen MR) is 77.1 cm³/mol. The Bertz CT molecular complexity index is 593. The van der Waals surface area contributed by atoms with Crippen molar-refractivity contribution < 1.29 is 9.21 Å². The number of furan rings is 1. The molecule has 19 heavy (non-hydrogen) atoms. The third-order valence-corrected chi connectivity index (χ3v) is 4.25. The molecule has 0 saturated carbocycles. The van der Waals surface area contributed by atoms with Crippen LogP contribution in [-0.2, 0) is 16.6 Å². The van der Waals surface area contributed by atoms with Crippen LogP contribution < -0.4 is 0 Å². The van der Waals surface area contributed by atoms with Crippen molar-refractivity contribution in [3.05, 3.63) is 58.0 Å². The van der Waals surface area contributed by atoms with E-state index in [1.165, 1.54) is 0 Å². The average Bonchev–Trinajstić information content (AvgIpc) is 2.85. The molecule has 2 nitrogen and oxygen atoms in total. The van der Waals surface area contributed by atoms with Gasteiger partial charge in [0.1, 0.15) is 5.76 Å². The second kappa shape index (κ2) is 5.58. The molecule has 0 aliphatic heterocycles. The summed E-state index contributed by atoms with van der Waals surface area (Å²) in [7, 11) is 0. The van der Waals surface area contributed by atoms with Crippen molar-refractivity contribution in [1.82, 2.24) is 0 Å². The first-order chi connectivity index (χ1) is 8.93. The van der Waals surface area contributed by atoms with E-state index < -0.39 is 10.7 Å². The van der Waals surface area contributed by atoms with Crippen LogP contribution in [0.25, 0.3) is 0 Å². The Morgan fingerprint density at radius 3 is 2.53 bits per heavy atom. The SMILES string of the molecule is CC(Cc1ccco1)(C(=O)Cl)c1ccc(Cl)c(Cl)c1. The minimum atomic E-state index is -0.909. The number of halogens is 3. The third kappa shape index (κ3) is 2.97. The van der Waals surface area contributed by atoms with Crippen molar-refractivity contribution in [3.63, 3.8) is 0 Å². The van der Waals surface area contributed by atoms with E-state index in [1.807, 2.05) is 0 Å². The molecular formula is C14H11Cl3O2. The maximum Gasteiger partial charge on any atom is 0.232 e. The fraction of sp³-hybridized carbons (Fsp3) is 0.214. The highest BCUT2D eigenvalue weighted by Crippen LogP contribution is 2.34. The Hall–Kier alpha value is -0.960. The van der Waals surface area contributed by atoms with Crippen LogP contribution in [0.2, 0.25) is 10.0 Å². The molecule has 0 saturated heterocycles. The van der Waals surface area contributed by atoms with Crippen LogP contribution in [0.5, 0.6) is 0 Å². The molecule has 0 radical (unpaired) electrons. The number of carbonyl (C=O) groups is 1. The van der Waals surface area contributed by atoms with Crippen LogP contribution in [0.1, 0.15) is 18.2 Å². The molecule has 0 aliphatic rings. The molecular weight excluding hydrogens is 307 g/mol. The number of benzene rings is 1. The van der Waals surface area contributed by atoms with Crippen molar-refractivity contribution in [2.75, 3.05) is 0 Å². The topological polar surface area (TPSA) is 30.2 Å². The van der Waals surface area contributed by atoms with Crippen molar-refractivity contribution in [2.45, 2.75) is 18.8 Å². The summed E-state index contributed by atoms with van der Waals surface area (Å²) in [6.07, 6.45) is 1.92. The molecule has 2 rings (SSSR count). The monoisotopic (exact) mass is 316 g/mol. The molecule has 0 spiro atoms. The second-order valence-corrected chi connectivity index (χ2v) is 5.65. The number of carbonyl (C=O) groups excluding carboxylic acids is 1. The fourth-order valence-electron chi connectivity index (χ4n) is 1.89. The van der Waals surface area contributed by atoms with Gasteiger partial charge in [0, 0.05) is 6.42 Å². The molecule has 0 N–H and O–H groups in total. The normalized spacial score (nSPS) is 14.1. The number of hydrogen-bond acceptors (Lipinski definition) is 2. The molecule has 1 atom stereocenters. The third-order valence-electron chi connectivity index (χ3n) is 3.10. The van der Waals surface area contributed by atoms with Crippen LogP contribution in [0.15, 0.2) is 41.0 Å². The summed E-state index contributed by atoms with van der Waals surface area (Å²) in [4.78, 5) is 11.8. The summed E-state index contributed by atoms with van der Waals surface area (Å²) in [5.41, 5.74) is -0.202. The Morgan fingerprint density at radius 1 is 1.26 bits per heavy atom. The number of hydrogen-bond donors (Lipinski definition) is 0. The highest BCUT2D eigenvalue weighted by Gasteiger charge is 2.35. The molecule has 0 fully saturated rings. The van der Waals surface area contributed by atoms with Crippen LogP contribution in [0, 0.1) is 0 Å². The number of rotatable bonds is 4. The van der Waals surface area contributed by atoms with E-state index in [-0.39, 0.29) is 0 Å². The Kier molecular flexibility index (Phi) is 4.24. The van der Waals surface area contributed by atoms with E-state index in [9.17, 15) is 4.79 Å². The quantitative estimate of drug-likeness (QED) is 0.754. The van der Waals surface area contributed by atoms with Crippen LogP contribution >= 0.6 is 34.8 Å². The molecule has 1 aromatic heterocycles. The van der Waals surface area contributed by atoms with Gasteiger partial charge in [-0.2, -0.15) is 0 Å². The summed E-state index contributed by atoms with van der Waals surface area (Å²) < 4.78 is 5.28. The van der Waals surface area contributed by atoms with E-state index in [1.54, 1.807) is 43.5 Å². The van der Waals surface area contributed by atoms with E-state index in [0.717, 1.165) is 0 Å². The summed E-state index contributed by atoms with van der Waals surface area (Å²) >= 11 is 17.7. The van der Waals surface area contributed by atoms with Crippen LogP contribution in [-0.4, -0.2) is 5.24 Å². The largest absolute Gasteiger partial charge is 0.469 e. The van der Waals surface area contributed by atoms with Crippen molar-refractivity contribution in [2.24, 2.45) is 0 Å². The first kappa shape index (κ1) is 14.4. The van der Waals surface area contributed by atoms with Gasteiger partial charge in [-0.15, -0.1) is 0 Å². The van der Waals surface area contributed by atoms with Gasteiger partial charge < -0.3 is 4.42 Å². The lowest BCUT2D eigenvalue weighted by Crippen LogP contribution is -2.31. The molecule has 0 aliphatic carbocycles. The molecule has 0 bridgehead atoms. The first-order valence-corrected chi connectivity index (χ1v) is 6.75. The maximum atomic E-state index is 11.8.